The first-order valence-corrected chi connectivity index (χ1v) is 10.2. The van der Waals surface area contributed by atoms with Crippen molar-refractivity contribution in [2.75, 3.05) is 29.9 Å². The number of rotatable bonds is 4. The Balaban J connectivity index is 1.42. The summed E-state index contributed by atoms with van der Waals surface area (Å²) in [6.45, 7) is 1.59. The highest BCUT2D eigenvalue weighted by molar-refractivity contribution is 7.23. The number of aromatic nitrogens is 2. The summed E-state index contributed by atoms with van der Waals surface area (Å²) in [5, 5.41) is 8.04. The number of piperazine rings is 1. The van der Waals surface area contributed by atoms with Gasteiger partial charge in [-0.15, -0.1) is 22.7 Å². The molecule has 2 amide bonds. The van der Waals surface area contributed by atoms with Crippen molar-refractivity contribution in [1.82, 2.24) is 15.3 Å². The third-order valence-electron chi connectivity index (χ3n) is 3.89. The standard InChI is InChI=1S/C17H14ClN5O2S2/c18-13-3-2-12(27-13)17-22-11(9-26-17)16(25)21-10-1-4-14(20-7-10)23-6-5-19-15(24)8-23/h1-4,7,9H,5-6,8H2,(H,19,24)(H,21,25). The van der Waals surface area contributed by atoms with Crippen molar-refractivity contribution in [1.29, 1.82) is 0 Å². The minimum Gasteiger partial charge on any atom is -0.353 e. The van der Waals surface area contributed by atoms with Crippen LogP contribution in [0.1, 0.15) is 10.5 Å². The Hall–Kier alpha value is -2.49. The first-order valence-electron chi connectivity index (χ1n) is 8.09. The normalized spacial score (nSPS) is 14.1. The van der Waals surface area contributed by atoms with Gasteiger partial charge in [0.15, 0.2) is 0 Å². The van der Waals surface area contributed by atoms with Crippen LogP contribution < -0.4 is 15.5 Å². The van der Waals surface area contributed by atoms with E-state index >= 15 is 0 Å². The van der Waals surface area contributed by atoms with Crippen molar-refractivity contribution >= 4 is 57.6 Å². The number of halogens is 1. The molecule has 7 nitrogen and oxygen atoms in total. The lowest BCUT2D eigenvalue weighted by molar-refractivity contribution is -0.120. The molecule has 4 heterocycles. The number of hydrogen-bond acceptors (Lipinski definition) is 7. The fourth-order valence-electron chi connectivity index (χ4n) is 2.60. The molecule has 3 aromatic heterocycles. The monoisotopic (exact) mass is 419 g/mol. The fourth-order valence-corrected chi connectivity index (χ4v) is 4.51. The summed E-state index contributed by atoms with van der Waals surface area (Å²) in [5.74, 6) is 0.382. The highest BCUT2D eigenvalue weighted by Crippen LogP contribution is 2.33. The molecule has 1 saturated heterocycles. The summed E-state index contributed by atoms with van der Waals surface area (Å²) in [4.78, 5) is 35.4. The van der Waals surface area contributed by atoms with E-state index in [-0.39, 0.29) is 18.4 Å². The average molecular weight is 420 g/mol. The largest absolute Gasteiger partial charge is 0.353 e. The van der Waals surface area contributed by atoms with Gasteiger partial charge in [-0.2, -0.15) is 0 Å². The molecule has 4 rings (SSSR count). The Morgan fingerprint density at radius 3 is 2.89 bits per heavy atom. The van der Waals surface area contributed by atoms with Crippen molar-refractivity contribution in [3.8, 4) is 9.88 Å². The summed E-state index contributed by atoms with van der Waals surface area (Å²) in [6.07, 6.45) is 1.58. The van der Waals surface area contributed by atoms with Gasteiger partial charge < -0.3 is 15.5 Å². The highest BCUT2D eigenvalue weighted by atomic mass is 35.5. The third kappa shape index (κ3) is 4.10. The summed E-state index contributed by atoms with van der Waals surface area (Å²) >= 11 is 8.77. The first-order chi connectivity index (χ1) is 13.1. The molecule has 0 spiro atoms. The van der Waals surface area contributed by atoms with Gasteiger partial charge in [0.1, 0.15) is 16.5 Å². The van der Waals surface area contributed by atoms with Crippen LogP contribution in [0.3, 0.4) is 0 Å². The molecular weight excluding hydrogens is 406 g/mol. The second kappa shape index (κ2) is 7.63. The van der Waals surface area contributed by atoms with E-state index in [9.17, 15) is 9.59 Å². The molecular formula is C17H14ClN5O2S2. The van der Waals surface area contributed by atoms with Crippen molar-refractivity contribution in [3.05, 3.63) is 45.9 Å². The molecule has 1 aliphatic rings. The fraction of sp³-hybridized carbons (Fsp3) is 0.176. The van der Waals surface area contributed by atoms with Crippen molar-refractivity contribution in [2.45, 2.75) is 0 Å². The molecule has 0 aliphatic carbocycles. The number of hydrogen-bond donors (Lipinski definition) is 2. The van der Waals surface area contributed by atoms with E-state index in [2.05, 4.69) is 20.6 Å². The van der Waals surface area contributed by atoms with Gasteiger partial charge in [0.2, 0.25) is 5.91 Å². The van der Waals surface area contributed by atoms with Gasteiger partial charge >= 0.3 is 0 Å². The van der Waals surface area contributed by atoms with E-state index in [1.807, 2.05) is 17.0 Å². The minimum absolute atomic E-state index is 0.0215. The van der Waals surface area contributed by atoms with E-state index < -0.39 is 0 Å². The lowest BCUT2D eigenvalue weighted by Gasteiger charge is -2.27. The molecule has 0 bridgehead atoms. The Morgan fingerprint density at radius 2 is 2.19 bits per heavy atom. The summed E-state index contributed by atoms with van der Waals surface area (Å²) in [5.41, 5.74) is 0.912. The average Bonchev–Trinajstić information content (AvgIpc) is 3.31. The molecule has 10 heteroatoms. The van der Waals surface area contributed by atoms with Gasteiger partial charge in [-0.05, 0) is 24.3 Å². The molecule has 1 fully saturated rings. The molecule has 0 radical (unpaired) electrons. The molecule has 2 N–H and O–H groups in total. The van der Waals surface area contributed by atoms with Crippen molar-refractivity contribution in [3.63, 3.8) is 0 Å². The molecule has 0 saturated carbocycles. The number of carbonyl (C=O) groups excluding carboxylic acids is 2. The zero-order valence-corrected chi connectivity index (χ0v) is 16.3. The van der Waals surface area contributed by atoms with Crippen LogP contribution in [0.25, 0.3) is 9.88 Å². The van der Waals surface area contributed by atoms with Gasteiger partial charge in [-0.1, -0.05) is 11.6 Å². The Labute approximate surface area is 168 Å². The highest BCUT2D eigenvalue weighted by Gasteiger charge is 2.18. The van der Waals surface area contributed by atoms with Crippen molar-refractivity contribution in [2.24, 2.45) is 0 Å². The summed E-state index contributed by atoms with van der Waals surface area (Å²) < 4.78 is 0.684. The zero-order chi connectivity index (χ0) is 18.8. The van der Waals surface area contributed by atoms with Crippen molar-refractivity contribution < 1.29 is 9.59 Å². The van der Waals surface area contributed by atoms with E-state index in [0.717, 1.165) is 9.88 Å². The number of thiophene rings is 1. The quantitative estimate of drug-likeness (QED) is 0.678. The molecule has 1 aliphatic heterocycles. The molecule has 0 aromatic carbocycles. The van der Waals surface area contributed by atoms with Gasteiger partial charge in [0, 0.05) is 18.5 Å². The second-order valence-electron chi connectivity index (χ2n) is 5.77. The number of anilines is 2. The lowest BCUT2D eigenvalue weighted by Crippen LogP contribution is -2.48. The number of pyridine rings is 1. The topological polar surface area (TPSA) is 87.2 Å². The summed E-state index contributed by atoms with van der Waals surface area (Å²) in [6, 6.07) is 7.24. The maximum atomic E-state index is 12.4. The van der Waals surface area contributed by atoms with Crippen LogP contribution >= 0.6 is 34.3 Å². The predicted molar refractivity (Wildman–Crippen MR) is 108 cm³/mol. The zero-order valence-electron chi connectivity index (χ0n) is 13.9. The van der Waals surface area contributed by atoms with Crippen LogP contribution in [0.15, 0.2) is 35.8 Å². The first kappa shape index (κ1) is 17.9. The van der Waals surface area contributed by atoms with Crippen LogP contribution in [-0.4, -0.2) is 41.4 Å². The van der Waals surface area contributed by atoms with Gasteiger partial charge in [-0.25, -0.2) is 9.97 Å². The number of amides is 2. The Bertz CT molecular complexity index is 985. The maximum Gasteiger partial charge on any atom is 0.275 e. The van der Waals surface area contributed by atoms with E-state index in [1.54, 1.807) is 23.7 Å². The van der Waals surface area contributed by atoms with Gasteiger partial charge in [0.25, 0.3) is 5.91 Å². The number of thiazole rings is 1. The van der Waals surface area contributed by atoms with Crippen LogP contribution in [0.4, 0.5) is 11.5 Å². The molecule has 3 aromatic rings. The Kier molecular flexibility index (Phi) is 5.06. The third-order valence-corrected chi connectivity index (χ3v) is 6.13. The lowest BCUT2D eigenvalue weighted by atomic mass is 10.3. The number of nitrogens with zero attached hydrogens (tertiary/aromatic N) is 3. The van der Waals surface area contributed by atoms with Gasteiger partial charge in [-0.3, -0.25) is 9.59 Å². The van der Waals surface area contributed by atoms with Crippen LogP contribution in [0.2, 0.25) is 4.34 Å². The van der Waals surface area contributed by atoms with E-state index in [1.165, 1.54) is 22.7 Å². The van der Waals surface area contributed by atoms with Crippen LogP contribution in [0, 0.1) is 0 Å². The molecule has 0 unspecified atom stereocenters. The SMILES string of the molecule is O=C1CN(c2ccc(NC(=O)c3csc(-c4ccc(Cl)s4)n3)cn2)CCN1. The van der Waals surface area contributed by atoms with E-state index in [0.29, 0.717) is 34.6 Å². The second-order valence-corrected chi connectivity index (χ2v) is 8.35. The van der Waals surface area contributed by atoms with Crippen LogP contribution in [-0.2, 0) is 4.79 Å². The molecule has 27 heavy (non-hydrogen) atoms. The molecule has 138 valence electrons. The maximum absolute atomic E-state index is 12.4. The summed E-state index contributed by atoms with van der Waals surface area (Å²) in [7, 11) is 0. The van der Waals surface area contributed by atoms with Gasteiger partial charge in [0.05, 0.1) is 27.6 Å². The minimum atomic E-state index is -0.299. The smallest absolute Gasteiger partial charge is 0.275 e. The number of carbonyl (C=O) groups is 2. The number of nitrogens with one attached hydrogen (secondary N) is 2. The molecule has 0 atom stereocenters. The Morgan fingerprint density at radius 1 is 1.30 bits per heavy atom. The predicted octanol–water partition coefficient (Wildman–Crippen LogP) is 3.11. The van der Waals surface area contributed by atoms with E-state index in [4.69, 9.17) is 11.6 Å². The van der Waals surface area contributed by atoms with Crippen LogP contribution in [0.5, 0.6) is 0 Å².